The normalized spacial score (nSPS) is 15.7. The van der Waals surface area contributed by atoms with Crippen LogP contribution in [0.4, 0.5) is 10.1 Å². The molecule has 2 rings (SSSR count). The first-order valence-electron chi connectivity index (χ1n) is 6.60. The maximum absolute atomic E-state index is 13.9. The summed E-state index contributed by atoms with van der Waals surface area (Å²) < 4.78 is 13.9. The fourth-order valence-corrected chi connectivity index (χ4v) is 2.89. The topological polar surface area (TPSA) is 49.5 Å². The van der Waals surface area contributed by atoms with Gasteiger partial charge in [0.25, 0.3) is 0 Å². The van der Waals surface area contributed by atoms with Gasteiger partial charge in [0, 0.05) is 23.8 Å². The Labute approximate surface area is 118 Å². The molecule has 1 fully saturated rings. The maximum atomic E-state index is 13.9. The van der Waals surface area contributed by atoms with Crippen molar-refractivity contribution >= 4 is 22.9 Å². The van der Waals surface area contributed by atoms with Crippen LogP contribution in [-0.2, 0) is 0 Å². The Morgan fingerprint density at radius 1 is 1.42 bits per heavy atom. The van der Waals surface area contributed by atoms with E-state index in [0.29, 0.717) is 12.6 Å². The Morgan fingerprint density at radius 3 is 2.63 bits per heavy atom. The van der Waals surface area contributed by atoms with E-state index in [-0.39, 0.29) is 17.2 Å². The second-order valence-electron chi connectivity index (χ2n) is 4.88. The molecule has 0 unspecified atom stereocenters. The molecule has 1 aliphatic rings. The summed E-state index contributed by atoms with van der Waals surface area (Å²) in [6, 6.07) is 5.29. The lowest BCUT2D eigenvalue weighted by Crippen LogP contribution is -2.35. The molecule has 1 aliphatic carbocycles. The molecule has 0 saturated heterocycles. The van der Waals surface area contributed by atoms with Gasteiger partial charge in [-0.05, 0) is 31.0 Å². The molecule has 1 saturated carbocycles. The lowest BCUT2D eigenvalue weighted by Gasteiger charge is -2.30. The molecule has 0 atom stereocenters. The van der Waals surface area contributed by atoms with Crippen LogP contribution in [0.15, 0.2) is 18.2 Å². The molecule has 19 heavy (non-hydrogen) atoms. The van der Waals surface area contributed by atoms with Crippen LogP contribution in [0.25, 0.3) is 0 Å². The van der Waals surface area contributed by atoms with Gasteiger partial charge < -0.3 is 15.7 Å². The number of aliphatic hydroxyl groups excluding tert-OH is 1. The largest absolute Gasteiger partial charge is 0.395 e. The van der Waals surface area contributed by atoms with Crippen LogP contribution in [0.1, 0.15) is 31.2 Å². The maximum Gasteiger partial charge on any atom is 0.135 e. The zero-order valence-corrected chi connectivity index (χ0v) is 11.6. The molecule has 1 aromatic carbocycles. The van der Waals surface area contributed by atoms with E-state index in [1.165, 1.54) is 18.9 Å². The molecule has 0 bridgehead atoms. The highest BCUT2D eigenvalue weighted by atomic mass is 32.1. The van der Waals surface area contributed by atoms with Gasteiger partial charge in [-0.3, -0.25) is 0 Å². The number of hydrogen-bond donors (Lipinski definition) is 2. The van der Waals surface area contributed by atoms with Crippen molar-refractivity contribution in [3.05, 3.63) is 29.6 Å². The van der Waals surface area contributed by atoms with E-state index in [4.69, 9.17) is 18.0 Å². The third-order valence-electron chi connectivity index (χ3n) is 3.66. The molecule has 0 aliphatic heterocycles. The second kappa shape index (κ2) is 6.30. The predicted molar refractivity (Wildman–Crippen MR) is 79.0 cm³/mol. The molecule has 0 heterocycles. The van der Waals surface area contributed by atoms with E-state index in [2.05, 4.69) is 4.90 Å². The van der Waals surface area contributed by atoms with Crippen LogP contribution < -0.4 is 10.6 Å². The van der Waals surface area contributed by atoms with E-state index in [9.17, 15) is 9.50 Å². The number of benzene rings is 1. The molecule has 104 valence electrons. The van der Waals surface area contributed by atoms with Gasteiger partial charge in [-0.15, -0.1) is 0 Å². The number of rotatable bonds is 5. The zero-order valence-electron chi connectivity index (χ0n) is 10.8. The summed E-state index contributed by atoms with van der Waals surface area (Å²) >= 11 is 4.80. The van der Waals surface area contributed by atoms with Gasteiger partial charge in [-0.2, -0.15) is 0 Å². The Bertz CT molecular complexity index is 461. The first-order valence-corrected chi connectivity index (χ1v) is 7.01. The quantitative estimate of drug-likeness (QED) is 0.813. The minimum atomic E-state index is -0.397. The molecule has 3 nitrogen and oxygen atoms in total. The van der Waals surface area contributed by atoms with Crippen LogP contribution in [0.5, 0.6) is 0 Å². The number of anilines is 1. The molecule has 1 aromatic rings. The summed E-state index contributed by atoms with van der Waals surface area (Å²) in [6.07, 6.45) is 4.58. The average Bonchev–Trinajstić information content (AvgIpc) is 2.89. The van der Waals surface area contributed by atoms with Crippen LogP contribution in [0.2, 0.25) is 0 Å². The monoisotopic (exact) mass is 282 g/mol. The Balaban J connectivity index is 2.26. The molecule has 0 radical (unpaired) electrons. The fraction of sp³-hybridized carbons (Fsp3) is 0.500. The minimum absolute atomic E-state index is 0.0647. The number of hydrogen-bond acceptors (Lipinski definition) is 3. The van der Waals surface area contributed by atoms with Crippen LogP contribution in [-0.4, -0.2) is 29.3 Å². The van der Waals surface area contributed by atoms with E-state index < -0.39 is 5.82 Å². The van der Waals surface area contributed by atoms with Crippen molar-refractivity contribution in [2.45, 2.75) is 31.7 Å². The standard InChI is InChI=1S/C14H19FN2OS/c15-13-9-11(5-6-12(13)14(16)19)17(7-8-18)10-3-1-2-4-10/h5-6,9-10,18H,1-4,7-8H2,(H2,16,19). The third-order valence-corrected chi connectivity index (χ3v) is 3.88. The Hall–Kier alpha value is -1.20. The van der Waals surface area contributed by atoms with Gasteiger partial charge in [-0.25, -0.2) is 4.39 Å². The minimum Gasteiger partial charge on any atom is -0.395 e. The molecular formula is C14H19FN2OS. The van der Waals surface area contributed by atoms with E-state index in [1.807, 2.05) is 6.07 Å². The van der Waals surface area contributed by atoms with Crippen molar-refractivity contribution in [1.82, 2.24) is 0 Å². The lowest BCUT2D eigenvalue weighted by molar-refractivity contribution is 0.297. The van der Waals surface area contributed by atoms with E-state index in [0.717, 1.165) is 18.5 Å². The first kappa shape index (κ1) is 14.2. The molecule has 3 N–H and O–H groups in total. The van der Waals surface area contributed by atoms with Gasteiger partial charge in [0.15, 0.2) is 0 Å². The summed E-state index contributed by atoms with van der Waals surface area (Å²) in [7, 11) is 0. The number of thiocarbonyl (C=S) groups is 1. The highest BCUT2D eigenvalue weighted by molar-refractivity contribution is 7.80. The highest BCUT2D eigenvalue weighted by Crippen LogP contribution is 2.29. The SMILES string of the molecule is NC(=S)c1ccc(N(CCO)C2CCCC2)cc1F. The fourth-order valence-electron chi connectivity index (χ4n) is 2.73. The number of aliphatic hydroxyl groups is 1. The average molecular weight is 282 g/mol. The number of nitrogens with zero attached hydrogens (tertiary/aromatic N) is 1. The lowest BCUT2D eigenvalue weighted by atomic mass is 10.1. The third kappa shape index (κ3) is 3.22. The molecular weight excluding hydrogens is 263 g/mol. The second-order valence-corrected chi connectivity index (χ2v) is 5.32. The van der Waals surface area contributed by atoms with E-state index >= 15 is 0 Å². The van der Waals surface area contributed by atoms with Crippen LogP contribution in [0.3, 0.4) is 0 Å². The van der Waals surface area contributed by atoms with Gasteiger partial charge in [0.2, 0.25) is 0 Å². The van der Waals surface area contributed by atoms with Crippen LogP contribution >= 0.6 is 12.2 Å². The summed E-state index contributed by atoms with van der Waals surface area (Å²) in [4.78, 5) is 2.15. The molecule has 0 amide bonds. The zero-order chi connectivity index (χ0) is 13.8. The van der Waals surface area contributed by atoms with Crippen molar-refractivity contribution in [1.29, 1.82) is 0 Å². The van der Waals surface area contributed by atoms with Gasteiger partial charge in [0.1, 0.15) is 10.8 Å². The van der Waals surface area contributed by atoms with Gasteiger partial charge >= 0.3 is 0 Å². The molecule has 5 heteroatoms. The highest BCUT2D eigenvalue weighted by Gasteiger charge is 2.23. The summed E-state index contributed by atoms with van der Waals surface area (Å²) in [6.45, 7) is 0.589. The van der Waals surface area contributed by atoms with E-state index in [1.54, 1.807) is 6.07 Å². The molecule has 0 spiro atoms. The molecule has 0 aromatic heterocycles. The van der Waals surface area contributed by atoms with Gasteiger partial charge in [0.05, 0.1) is 6.61 Å². The Kier molecular flexibility index (Phi) is 4.71. The van der Waals surface area contributed by atoms with Crippen molar-refractivity contribution in [3.8, 4) is 0 Å². The smallest absolute Gasteiger partial charge is 0.135 e. The first-order chi connectivity index (χ1) is 9.13. The summed E-state index contributed by atoms with van der Waals surface area (Å²) in [5, 5.41) is 9.19. The number of halogens is 1. The van der Waals surface area contributed by atoms with Crippen molar-refractivity contribution < 1.29 is 9.50 Å². The number of nitrogens with two attached hydrogens (primary N) is 1. The van der Waals surface area contributed by atoms with Crippen molar-refractivity contribution in [2.24, 2.45) is 5.73 Å². The van der Waals surface area contributed by atoms with Crippen molar-refractivity contribution in [3.63, 3.8) is 0 Å². The van der Waals surface area contributed by atoms with Gasteiger partial charge in [-0.1, -0.05) is 25.1 Å². The van der Waals surface area contributed by atoms with Crippen molar-refractivity contribution in [2.75, 3.05) is 18.1 Å². The summed E-state index contributed by atoms with van der Waals surface area (Å²) in [5.74, 6) is -0.397. The van der Waals surface area contributed by atoms with Crippen LogP contribution in [0, 0.1) is 5.82 Å². The Morgan fingerprint density at radius 2 is 2.11 bits per heavy atom. The predicted octanol–water partition coefficient (Wildman–Crippen LogP) is 2.20. The summed E-state index contributed by atoms with van der Waals surface area (Å²) in [5.41, 5.74) is 6.52.